The van der Waals surface area contributed by atoms with Gasteiger partial charge in [-0.25, -0.2) is 4.98 Å². The quantitative estimate of drug-likeness (QED) is 0.327. The van der Waals surface area contributed by atoms with Crippen molar-refractivity contribution in [2.75, 3.05) is 51.3 Å². The van der Waals surface area contributed by atoms with Crippen LogP contribution in [0.1, 0.15) is 20.8 Å². The lowest BCUT2D eigenvalue weighted by Gasteiger charge is -2.36. The zero-order valence-corrected chi connectivity index (χ0v) is 24.8. The molecule has 6 rings (SSSR count). The normalized spacial score (nSPS) is 15.2. The first kappa shape index (κ1) is 29.9. The number of fused-ring (bicyclic) bond motifs is 3. The third-order valence-corrected chi connectivity index (χ3v) is 8.72. The summed E-state index contributed by atoms with van der Waals surface area (Å²) in [6.07, 6.45) is 2.37. The van der Waals surface area contributed by atoms with Crippen LogP contribution in [0.15, 0.2) is 65.7 Å². The molecule has 2 aromatic carbocycles. The van der Waals surface area contributed by atoms with Crippen LogP contribution in [-0.2, 0) is 19.5 Å². The summed E-state index contributed by atoms with van der Waals surface area (Å²) in [5.41, 5.74) is 2.93. The molecule has 0 unspecified atom stereocenters. The Morgan fingerprint density at radius 3 is 2.42 bits per heavy atom. The maximum Gasteiger partial charge on any atom is 0.262 e. The highest BCUT2D eigenvalue weighted by Crippen LogP contribution is 2.33. The minimum Gasteiger partial charge on any atom is -0.495 e. The summed E-state index contributed by atoms with van der Waals surface area (Å²) >= 11 is 1.54. The fraction of sp³-hybridized carbons (Fsp3) is 0.345. The van der Waals surface area contributed by atoms with Crippen molar-refractivity contribution in [3.8, 4) is 5.75 Å². The van der Waals surface area contributed by atoms with Crippen LogP contribution in [0.3, 0.4) is 0 Å². The van der Waals surface area contributed by atoms with Crippen LogP contribution >= 0.6 is 36.2 Å². The molecule has 212 valence electrons. The van der Waals surface area contributed by atoms with Crippen molar-refractivity contribution in [1.82, 2.24) is 19.4 Å². The predicted molar refractivity (Wildman–Crippen MR) is 165 cm³/mol. The summed E-state index contributed by atoms with van der Waals surface area (Å²) in [4.78, 5) is 39.6. The molecule has 2 aromatic heterocycles. The van der Waals surface area contributed by atoms with E-state index in [1.807, 2.05) is 53.4 Å². The summed E-state index contributed by atoms with van der Waals surface area (Å²) in [5.74, 6) is 0.934. The van der Waals surface area contributed by atoms with Gasteiger partial charge in [-0.3, -0.25) is 19.1 Å². The van der Waals surface area contributed by atoms with Crippen LogP contribution in [0.25, 0.3) is 10.2 Å². The summed E-state index contributed by atoms with van der Waals surface area (Å²) in [5, 5.41) is 0.736. The highest BCUT2D eigenvalue weighted by atomic mass is 35.5. The number of nitrogens with zero attached hydrogens (tertiary/aromatic N) is 5. The molecule has 1 amide bonds. The molecule has 1 saturated heterocycles. The molecular formula is C29H33Cl2N5O3S. The second-order valence-electron chi connectivity index (χ2n) is 9.77. The van der Waals surface area contributed by atoms with Gasteiger partial charge >= 0.3 is 0 Å². The van der Waals surface area contributed by atoms with Gasteiger partial charge in [-0.1, -0.05) is 30.3 Å². The Bertz CT molecular complexity index is 1520. The van der Waals surface area contributed by atoms with Crippen molar-refractivity contribution >= 4 is 58.0 Å². The molecule has 0 radical (unpaired) electrons. The Kier molecular flexibility index (Phi) is 9.73. The van der Waals surface area contributed by atoms with E-state index < -0.39 is 0 Å². The Hall–Kier alpha value is -3.11. The number of methoxy groups -OCH3 is 1. The molecule has 2 aliphatic heterocycles. The maximum atomic E-state index is 13.5. The zero-order valence-electron chi connectivity index (χ0n) is 22.3. The standard InChI is InChI=1S/C29H31N5O3S.2ClH/c1-37-24-10-6-5-9-23(24)32-16-13-31(14-17-32)15-18-34-20-30-27-26(29(34)36)22-11-12-33(19-25(22)38-27)28(35)21-7-3-2-4-8-21;;/h2-10,20H,11-19H2,1H3;2*1H. The third-order valence-electron chi connectivity index (χ3n) is 7.59. The third kappa shape index (κ3) is 5.83. The summed E-state index contributed by atoms with van der Waals surface area (Å²) in [6.45, 7) is 6.25. The van der Waals surface area contributed by atoms with E-state index in [9.17, 15) is 9.59 Å². The van der Waals surface area contributed by atoms with Gasteiger partial charge in [0.2, 0.25) is 0 Å². The Labute approximate surface area is 250 Å². The highest BCUT2D eigenvalue weighted by Gasteiger charge is 2.27. The lowest BCUT2D eigenvalue weighted by Crippen LogP contribution is -2.47. The topological polar surface area (TPSA) is 70.9 Å². The average molecular weight is 603 g/mol. The van der Waals surface area contributed by atoms with E-state index in [2.05, 4.69) is 20.9 Å². The van der Waals surface area contributed by atoms with Gasteiger partial charge in [-0.15, -0.1) is 36.2 Å². The number of carbonyl (C=O) groups excluding carboxylic acids is 1. The van der Waals surface area contributed by atoms with E-state index in [0.717, 1.165) is 64.8 Å². The van der Waals surface area contributed by atoms with Crippen LogP contribution in [-0.4, -0.2) is 71.6 Å². The fourth-order valence-corrected chi connectivity index (χ4v) is 6.66. The molecule has 4 aromatic rings. The molecule has 0 aliphatic carbocycles. The van der Waals surface area contributed by atoms with Crippen LogP contribution in [0.4, 0.5) is 5.69 Å². The number of hydrogen-bond donors (Lipinski definition) is 0. The highest BCUT2D eigenvalue weighted by molar-refractivity contribution is 7.18. The van der Waals surface area contributed by atoms with Crippen molar-refractivity contribution in [3.05, 3.63) is 87.3 Å². The lowest BCUT2D eigenvalue weighted by atomic mass is 10.0. The van der Waals surface area contributed by atoms with Gasteiger partial charge < -0.3 is 14.5 Å². The fourth-order valence-electron chi connectivity index (χ4n) is 5.47. The number of piperazine rings is 1. The molecule has 0 spiro atoms. The van der Waals surface area contributed by atoms with E-state index in [1.54, 1.807) is 29.3 Å². The van der Waals surface area contributed by atoms with Crippen LogP contribution in [0.2, 0.25) is 0 Å². The number of anilines is 1. The number of amides is 1. The lowest BCUT2D eigenvalue weighted by molar-refractivity contribution is 0.0737. The molecule has 0 bridgehead atoms. The largest absolute Gasteiger partial charge is 0.495 e. The van der Waals surface area contributed by atoms with Gasteiger partial charge in [-0.05, 0) is 36.2 Å². The number of para-hydroxylation sites is 2. The second kappa shape index (κ2) is 13.0. The molecule has 0 saturated carbocycles. The van der Waals surface area contributed by atoms with Crippen LogP contribution in [0, 0.1) is 0 Å². The van der Waals surface area contributed by atoms with Gasteiger partial charge in [0.15, 0.2) is 0 Å². The van der Waals surface area contributed by atoms with Gasteiger partial charge in [0.05, 0.1) is 31.1 Å². The first-order valence-corrected chi connectivity index (χ1v) is 13.9. The first-order valence-electron chi connectivity index (χ1n) is 13.1. The van der Waals surface area contributed by atoms with Crippen LogP contribution < -0.4 is 15.2 Å². The molecule has 4 heterocycles. The van der Waals surface area contributed by atoms with Crippen molar-refractivity contribution < 1.29 is 9.53 Å². The van der Waals surface area contributed by atoms with Crippen LogP contribution in [0.5, 0.6) is 5.75 Å². The van der Waals surface area contributed by atoms with Crippen molar-refractivity contribution in [1.29, 1.82) is 0 Å². The van der Waals surface area contributed by atoms with E-state index in [4.69, 9.17) is 4.74 Å². The number of rotatable bonds is 6. The van der Waals surface area contributed by atoms with E-state index >= 15 is 0 Å². The number of thiophene rings is 1. The van der Waals surface area contributed by atoms with Crippen molar-refractivity contribution in [2.45, 2.75) is 19.5 Å². The number of benzene rings is 2. The van der Waals surface area contributed by atoms with Crippen molar-refractivity contribution in [3.63, 3.8) is 0 Å². The van der Waals surface area contributed by atoms with Gasteiger partial charge in [0.25, 0.3) is 11.5 Å². The minimum atomic E-state index is 0. The number of ether oxygens (including phenoxy) is 1. The van der Waals surface area contributed by atoms with Gasteiger partial charge in [0.1, 0.15) is 10.6 Å². The number of hydrogen-bond acceptors (Lipinski definition) is 7. The van der Waals surface area contributed by atoms with Gasteiger partial charge in [0, 0.05) is 56.3 Å². The Morgan fingerprint density at radius 2 is 1.68 bits per heavy atom. The smallest absolute Gasteiger partial charge is 0.262 e. The van der Waals surface area contributed by atoms with Gasteiger partial charge in [-0.2, -0.15) is 0 Å². The number of carbonyl (C=O) groups is 1. The Morgan fingerprint density at radius 1 is 0.950 bits per heavy atom. The minimum absolute atomic E-state index is 0. The summed E-state index contributed by atoms with van der Waals surface area (Å²) < 4.78 is 7.28. The van der Waals surface area contributed by atoms with E-state index in [1.165, 1.54) is 0 Å². The molecule has 8 nitrogen and oxygen atoms in total. The summed E-state index contributed by atoms with van der Waals surface area (Å²) in [7, 11) is 1.71. The molecular weight excluding hydrogens is 569 g/mol. The predicted octanol–water partition coefficient (Wildman–Crippen LogP) is 4.33. The molecule has 0 N–H and O–H groups in total. The zero-order chi connectivity index (χ0) is 26.1. The maximum absolute atomic E-state index is 13.5. The van der Waals surface area contributed by atoms with Crippen molar-refractivity contribution in [2.24, 2.45) is 0 Å². The average Bonchev–Trinajstić information content (AvgIpc) is 3.36. The molecule has 11 heteroatoms. The van der Waals surface area contributed by atoms with E-state index in [0.29, 0.717) is 31.6 Å². The molecule has 40 heavy (non-hydrogen) atoms. The Balaban J connectivity index is 0.00000185. The second-order valence-corrected chi connectivity index (χ2v) is 10.9. The monoisotopic (exact) mass is 601 g/mol. The molecule has 1 fully saturated rings. The molecule has 0 atom stereocenters. The molecule has 2 aliphatic rings. The number of halogens is 2. The number of aromatic nitrogens is 2. The van der Waals surface area contributed by atoms with E-state index in [-0.39, 0.29) is 36.3 Å². The summed E-state index contributed by atoms with van der Waals surface area (Å²) in [6, 6.07) is 17.5. The SMILES string of the molecule is COc1ccccc1N1CCN(CCn2cnc3sc4c(c3c2=O)CCN(C(=O)c2ccccc2)C4)CC1.Cl.Cl. The first-order chi connectivity index (χ1) is 18.6.